The summed E-state index contributed by atoms with van der Waals surface area (Å²) in [6.07, 6.45) is 0.616. The number of para-hydroxylation sites is 1. The zero-order chi connectivity index (χ0) is 19.9. The first-order valence-corrected chi connectivity index (χ1v) is 10.4. The van der Waals surface area contributed by atoms with Gasteiger partial charge in [-0.15, -0.1) is 0 Å². The molecular weight excluding hydrogens is 411 g/mol. The van der Waals surface area contributed by atoms with E-state index in [0.717, 1.165) is 17.7 Å². The molecule has 6 rings (SSSR count). The van der Waals surface area contributed by atoms with Gasteiger partial charge in [0.15, 0.2) is 0 Å². The number of carbonyl (C=O) groups excluding carboxylic acids is 2. The van der Waals surface area contributed by atoms with Crippen LogP contribution in [-0.2, 0) is 14.4 Å². The zero-order valence-electron chi connectivity index (χ0n) is 15.2. The largest absolute Gasteiger partial charge is 0.391 e. The molecule has 2 saturated carbocycles. The minimum Gasteiger partial charge on any atom is -0.391 e. The topological polar surface area (TPSA) is 59.0 Å². The number of rotatable bonds is 2. The number of hydrogen-bond acceptors (Lipinski definition) is 4. The Labute approximate surface area is 177 Å². The number of amides is 2. The molecule has 0 spiro atoms. The highest BCUT2D eigenvalue weighted by Crippen LogP contribution is 2.62. The standard InChI is InChI=1S/C22H16Cl2N2O3/c23-10-6-7-12(15(24)8-10)19-18-13-9-14(20(18)29-25-19)17-16(13)21(27)26(22(17)28)11-4-2-1-3-5-11/h1-8,13-14,16-18,20H,9H2/t13-,14-,16-,17-,18-,20+/m1/s1. The summed E-state index contributed by atoms with van der Waals surface area (Å²) >= 11 is 12.5. The molecular formula is C22H16Cl2N2O3. The average molecular weight is 427 g/mol. The molecule has 0 N–H and O–H groups in total. The Hall–Kier alpha value is -2.37. The lowest BCUT2D eigenvalue weighted by atomic mass is 9.71. The van der Waals surface area contributed by atoms with Crippen molar-refractivity contribution in [3.05, 3.63) is 64.1 Å². The molecule has 7 heteroatoms. The second-order valence-corrected chi connectivity index (χ2v) is 9.00. The van der Waals surface area contributed by atoms with Gasteiger partial charge in [0.25, 0.3) is 0 Å². The predicted molar refractivity (Wildman–Crippen MR) is 109 cm³/mol. The number of fused-ring (bicyclic) bond motifs is 8. The van der Waals surface area contributed by atoms with Crippen LogP contribution in [-0.4, -0.2) is 23.6 Å². The van der Waals surface area contributed by atoms with Gasteiger partial charge in [-0.1, -0.05) is 52.6 Å². The number of imide groups is 1. The fourth-order valence-corrected chi connectivity index (χ4v) is 6.38. The van der Waals surface area contributed by atoms with Crippen molar-refractivity contribution < 1.29 is 14.4 Å². The van der Waals surface area contributed by atoms with E-state index in [9.17, 15) is 9.59 Å². The third-order valence-corrected chi connectivity index (χ3v) is 7.46. The Kier molecular flexibility index (Phi) is 3.66. The monoisotopic (exact) mass is 426 g/mol. The first-order chi connectivity index (χ1) is 14.1. The smallest absolute Gasteiger partial charge is 0.238 e. The second kappa shape index (κ2) is 6.07. The van der Waals surface area contributed by atoms with Crippen LogP contribution in [0.1, 0.15) is 12.0 Å². The maximum atomic E-state index is 13.3. The number of hydrogen-bond donors (Lipinski definition) is 0. The molecule has 2 aromatic carbocycles. The van der Waals surface area contributed by atoms with Crippen LogP contribution in [0.2, 0.25) is 10.0 Å². The normalized spacial score (nSPS) is 34.3. The molecule has 2 heterocycles. The van der Waals surface area contributed by atoms with Crippen molar-refractivity contribution in [1.29, 1.82) is 0 Å². The van der Waals surface area contributed by atoms with E-state index >= 15 is 0 Å². The van der Waals surface area contributed by atoms with Gasteiger partial charge in [-0.05, 0) is 36.6 Å². The number of oxime groups is 1. The molecule has 0 unspecified atom stereocenters. The first-order valence-electron chi connectivity index (χ1n) is 9.68. The van der Waals surface area contributed by atoms with E-state index in [0.29, 0.717) is 15.7 Å². The summed E-state index contributed by atoms with van der Waals surface area (Å²) < 4.78 is 0. The molecule has 2 aromatic rings. The van der Waals surface area contributed by atoms with Crippen LogP contribution in [0, 0.1) is 29.6 Å². The third-order valence-electron chi connectivity index (χ3n) is 6.91. The zero-order valence-corrected chi connectivity index (χ0v) is 16.7. The lowest BCUT2D eigenvalue weighted by molar-refractivity contribution is -0.125. The van der Waals surface area contributed by atoms with Gasteiger partial charge in [0.1, 0.15) is 6.10 Å². The van der Waals surface area contributed by atoms with Gasteiger partial charge >= 0.3 is 0 Å². The van der Waals surface area contributed by atoms with Crippen molar-refractivity contribution >= 4 is 46.4 Å². The molecule has 2 aliphatic carbocycles. The van der Waals surface area contributed by atoms with E-state index in [1.54, 1.807) is 24.3 Å². The molecule has 2 aliphatic heterocycles. The fraction of sp³-hybridized carbons (Fsp3) is 0.318. The molecule has 29 heavy (non-hydrogen) atoms. The Balaban J connectivity index is 1.37. The Morgan fingerprint density at radius 3 is 2.38 bits per heavy atom. The number of benzene rings is 2. The number of halogens is 2. The van der Waals surface area contributed by atoms with Gasteiger partial charge in [-0.3, -0.25) is 14.5 Å². The molecule has 0 radical (unpaired) electrons. The summed E-state index contributed by atoms with van der Waals surface area (Å²) in [6, 6.07) is 14.5. The third kappa shape index (κ3) is 2.26. The van der Waals surface area contributed by atoms with Crippen molar-refractivity contribution in [2.75, 3.05) is 4.90 Å². The highest BCUT2D eigenvalue weighted by molar-refractivity contribution is 6.37. The number of carbonyl (C=O) groups is 2. The van der Waals surface area contributed by atoms with Gasteiger partial charge in [-0.2, -0.15) is 0 Å². The SMILES string of the molecule is O=C1[C@@H]2[C@H]3C[C@@H]([C@@H]4ON=C(c5ccc(Cl)cc5Cl)[C@@H]34)[C@H]2C(=O)N1c1ccccc1. The van der Waals surface area contributed by atoms with Crippen LogP contribution in [0.15, 0.2) is 53.7 Å². The molecule has 5 nitrogen and oxygen atoms in total. The van der Waals surface area contributed by atoms with E-state index in [-0.39, 0.29) is 47.5 Å². The van der Waals surface area contributed by atoms with Gasteiger partial charge in [0, 0.05) is 22.4 Å². The summed E-state index contributed by atoms with van der Waals surface area (Å²) in [5, 5.41) is 5.40. The molecule has 4 aliphatic rings. The molecule has 2 amide bonds. The summed E-state index contributed by atoms with van der Waals surface area (Å²) in [4.78, 5) is 33.7. The van der Waals surface area contributed by atoms with Crippen LogP contribution in [0.4, 0.5) is 5.69 Å². The predicted octanol–water partition coefficient (Wildman–Crippen LogP) is 4.17. The highest BCUT2D eigenvalue weighted by Gasteiger charge is 2.70. The van der Waals surface area contributed by atoms with Gasteiger partial charge in [-0.25, -0.2) is 0 Å². The number of anilines is 1. The van der Waals surface area contributed by atoms with Crippen molar-refractivity contribution in [3.8, 4) is 0 Å². The van der Waals surface area contributed by atoms with Crippen molar-refractivity contribution in [2.24, 2.45) is 34.7 Å². The van der Waals surface area contributed by atoms with E-state index in [2.05, 4.69) is 5.16 Å². The van der Waals surface area contributed by atoms with Crippen LogP contribution >= 0.6 is 23.2 Å². The molecule has 1 saturated heterocycles. The Morgan fingerprint density at radius 1 is 0.931 bits per heavy atom. The minimum atomic E-state index is -0.329. The molecule has 6 atom stereocenters. The Morgan fingerprint density at radius 2 is 1.66 bits per heavy atom. The maximum Gasteiger partial charge on any atom is 0.238 e. The Bertz CT molecular complexity index is 1090. The van der Waals surface area contributed by atoms with E-state index in [4.69, 9.17) is 28.0 Å². The highest BCUT2D eigenvalue weighted by atomic mass is 35.5. The van der Waals surface area contributed by atoms with Crippen molar-refractivity contribution in [2.45, 2.75) is 12.5 Å². The van der Waals surface area contributed by atoms with Crippen LogP contribution < -0.4 is 4.90 Å². The minimum absolute atomic E-state index is 0.00696. The molecule has 0 aromatic heterocycles. The summed E-state index contributed by atoms with van der Waals surface area (Å²) in [5.41, 5.74) is 2.18. The van der Waals surface area contributed by atoms with E-state index < -0.39 is 0 Å². The van der Waals surface area contributed by atoms with Crippen LogP contribution in [0.25, 0.3) is 0 Å². The van der Waals surface area contributed by atoms with Crippen molar-refractivity contribution in [1.82, 2.24) is 0 Å². The molecule has 2 bridgehead atoms. The maximum absolute atomic E-state index is 13.3. The van der Waals surface area contributed by atoms with Gasteiger partial charge in [0.2, 0.25) is 11.8 Å². The summed E-state index contributed by atoms with van der Waals surface area (Å²) in [6.45, 7) is 0. The first kappa shape index (κ1) is 17.5. The molecule has 146 valence electrons. The van der Waals surface area contributed by atoms with Crippen LogP contribution in [0.3, 0.4) is 0 Å². The van der Waals surface area contributed by atoms with E-state index in [1.165, 1.54) is 4.90 Å². The average Bonchev–Trinajstić information content (AvgIpc) is 3.43. The number of nitrogens with zero attached hydrogens (tertiary/aromatic N) is 2. The quantitative estimate of drug-likeness (QED) is 0.677. The van der Waals surface area contributed by atoms with Gasteiger partial charge < -0.3 is 4.84 Å². The van der Waals surface area contributed by atoms with Crippen LogP contribution in [0.5, 0.6) is 0 Å². The van der Waals surface area contributed by atoms with Gasteiger partial charge in [0.05, 0.1) is 28.3 Å². The van der Waals surface area contributed by atoms with E-state index in [1.807, 2.05) is 24.3 Å². The molecule has 3 fully saturated rings. The van der Waals surface area contributed by atoms with Crippen molar-refractivity contribution in [3.63, 3.8) is 0 Å². The second-order valence-electron chi connectivity index (χ2n) is 8.16. The fourth-order valence-electron chi connectivity index (χ4n) is 5.88. The summed E-state index contributed by atoms with van der Waals surface area (Å²) in [5.74, 6) is -0.895. The summed E-state index contributed by atoms with van der Waals surface area (Å²) in [7, 11) is 0. The lowest BCUT2D eigenvalue weighted by Crippen LogP contribution is -2.41. The lowest BCUT2D eigenvalue weighted by Gasteiger charge is -2.30.